The van der Waals surface area contributed by atoms with Crippen LogP contribution in [0.4, 0.5) is 0 Å². The third kappa shape index (κ3) is 2.05. The molecule has 2 rings (SSSR count). The molecule has 1 heterocycles. The van der Waals surface area contributed by atoms with Gasteiger partial charge in [-0.3, -0.25) is 4.90 Å². The first-order chi connectivity index (χ1) is 6.42. The Bertz CT molecular complexity index is 152. The standard InChI is InChI=1S/C11H22N2/c1-12-9-11-7-4-8-13(11)10-5-2-3-6-10/h10-12H,2-9H2,1H3/t11-/m0/s1. The van der Waals surface area contributed by atoms with Gasteiger partial charge in [0.1, 0.15) is 0 Å². The molecular weight excluding hydrogens is 160 g/mol. The average Bonchev–Trinajstić information content (AvgIpc) is 2.71. The smallest absolute Gasteiger partial charge is 0.0223 e. The van der Waals surface area contributed by atoms with Crippen molar-refractivity contribution >= 4 is 0 Å². The van der Waals surface area contributed by atoms with Gasteiger partial charge in [-0.25, -0.2) is 0 Å². The Balaban J connectivity index is 1.88. The second-order valence-corrected chi connectivity index (χ2v) is 4.53. The largest absolute Gasteiger partial charge is 0.318 e. The van der Waals surface area contributed by atoms with Crippen molar-refractivity contribution in [3.05, 3.63) is 0 Å². The zero-order valence-electron chi connectivity index (χ0n) is 8.76. The molecule has 1 atom stereocenters. The molecule has 2 nitrogen and oxygen atoms in total. The van der Waals surface area contributed by atoms with E-state index < -0.39 is 0 Å². The van der Waals surface area contributed by atoms with Crippen molar-refractivity contribution in [2.24, 2.45) is 0 Å². The van der Waals surface area contributed by atoms with Gasteiger partial charge in [-0.1, -0.05) is 12.8 Å². The van der Waals surface area contributed by atoms with E-state index >= 15 is 0 Å². The van der Waals surface area contributed by atoms with Gasteiger partial charge in [-0.2, -0.15) is 0 Å². The first-order valence-corrected chi connectivity index (χ1v) is 5.82. The summed E-state index contributed by atoms with van der Waals surface area (Å²) in [6.07, 6.45) is 8.68. The van der Waals surface area contributed by atoms with Crippen LogP contribution in [0.5, 0.6) is 0 Å². The molecule has 1 N–H and O–H groups in total. The van der Waals surface area contributed by atoms with Crippen molar-refractivity contribution in [2.45, 2.75) is 50.6 Å². The Morgan fingerprint density at radius 2 is 1.92 bits per heavy atom. The first kappa shape index (κ1) is 9.47. The van der Waals surface area contributed by atoms with E-state index in [1.807, 2.05) is 0 Å². The fraction of sp³-hybridized carbons (Fsp3) is 1.00. The van der Waals surface area contributed by atoms with Crippen molar-refractivity contribution in [1.29, 1.82) is 0 Å². The van der Waals surface area contributed by atoms with Crippen LogP contribution in [0.15, 0.2) is 0 Å². The maximum absolute atomic E-state index is 3.32. The zero-order valence-corrected chi connectivity index (χ0v) is 8.76. The van der Waals surface area contributed by atoms with Gasteiger partial charge in [0.05, 0.1) is 0 Å². The normalized spacial score (nSPS) is 31.6. The van der Waals surface area contributed by atoms with Crippen LogP contribution in [0.1, 0.15) is 38.5 Å². The molecule has 1 aliphatic heterocycles. The Morgan fingerprint density at radius 3 is 2.62 bits per heavy atom. The number of likely N-dealkylation sites (N-methyl/N-ethyl adjacent to an activating group) is 1. The summed E-state index contributed by atoms with van der Waals surface area (Å²) in [7, 11) is 2.07. The lowest BCUT2D eigenvalue weighted by molar-refractivity contribution is 0.180. The Hall–Kier alpha value is -0.0800. The third-order valence-corrected chi connectivity index (χ3v) is 3.66. The molecule has 0 bridgehead atoms. The minimum atomic E-state index is 0.841. The number of rotatable bonds is 3. The van der Waals surface area contributed by atoms with Crippen LogP contribution in [0.2, 0.25) is 0 Å². The van der Waals surface area contributed by atoms with Gasteiger partial charge in [-0.05, 0) is 39.3 Å². The molecule has 0 spiro atoms. The van der Waals surface area contributed by atoms with Crippen LogP contribution in [0, 0.1) is 0 Å². The minimum absolute atomic E-state index is 0.841. The molecule has 76 valence electrons. The highest BCUT2D eigenvalue weighted by atomic mass is 15.2. The van der Waals surface area contributed by atoms with Crippen LogP contribution in [0.3, 0.4) is 0 Å². The van der Waals surface area contributed by atoms with Crippen LogP contribution in [-0.4, -0.2) is 37.1 Å². The van der Waals surface area contributed by atoms with Crippen LogP contribution >= 0.6 is 0 Å². The number of hydrogen-bond donors (Lipinski definition) is 1. The molecule has 0 aromatic heterocycles. The molecule has 2 heteroatoms. The van der Waals surface area contributed by atoms with Gasteiger partial charge in [0, 0.05) is 18.6 Å². The summed E-state index contributed by atoms with van der Waals surface area (Å²) in [6, 6.07) is 1.77. The summed E-state index contributed by atoms with van der Waals surface area (Å²) in [4.78, 5) is 2.77. The topological polar surface area (TPSA) is 15.3 Å². The van der Waals surface area contributed by atoms with E-state index in [-0.39, 0.29) is 0 Å². The first-order valence-electron chi connectivity index (χ1n) is 5.82. The maximum atomic E-state index is 3.32. The molecule has 2 fully saturated rings. The second-order valence-electron chi connectivity index (χ2n) is 4.53. The number of nitrogens with one attached hydrogen (secondary N) is 1. The summed E-state index contributed by atoms with van der Waals surface area (Å²) >= 11 is 0. The lowest BCUT2D eigenvalue weighted by Crippen LogP contribution is -2.42. The molecule has 0 aromatic carbocycles. The second kappa shape index (κ2) is 4.43. The van der Waals surface area contributed by atoms with E-state index in [2.05, 4.69) is 17.3 Å². The average molecular weight is 182 g/mol. The Kier molecular flexibility index (Phi) is 3.23. The van der Waals surface area contributed by atoms with Crippen LogP contribution in [0.25, 0.3) is 0 Å². The van der Waals surface area contributed by atoms with Gasteiger partial charge >= 0.3 is 0 Å². The van der Waals surface area contributed by atoms with E-state index in [0.29, 0.717) is 0 Å². The van der Waals surface area contributed by atoms with Gasteiger partial charge in [0.15, 0.2) is 0 Å². The molecule has 1 aliphatic carbocycles. The van der Waals surface area contributed by atoms with E-state index in [0.717, 1.165) is 12.1 Å². The maximum Gasteiger partial charge on any atom is 0.0223 e. The van der Waals surface area contributed by atoms with E-state index in [1.165, 1.54) is 51.6 Å². The van der Waals surface area contributed by atoms with Crippen molar-refractivity contribution in [3.63, 3.8) is 0 Å². The van der Waals surface area contributed by atoms with Gasteiger partial charge in [0.2, 0.25) is 0 Å². The van der Waals surface area contributed by atoms with Gasteiger partial charge < -0.3 is 5.32 Å². The molecule has 1 saturated heterocycles. The highest BCUT2D eigenvalue weighted by Crippen LogP contribution is 2.29. The zero-order chi connectivity index (χ0) is 9.10. The SMILES string of the molecule is CNC[C@@H]1CCCN1C1CCCC1. The van der Waals surface area contributed by atoms with Gasteiger partial charge in [-0.15, -0.1) is 0 Å². The molecule has 13 heavy (non-hydrogen) atoms. The minimum Gasteiger partial charge on any atom is -0.318 e. The number of hydrogen-bond acceptors (Lipinski definition) is 2. The molecule has 2 aliphatic rings. The highest BCUT2D eigenvalue weighted by Gasteiger charge is 2.31. The monoisotopic (exact) mass is 182 g/mol. The van der Waals surface area contributed by atoms with Gasteiger partial charge in [0.25, 0.3) is 0 Å². The highest BCUT2D eigenvalue weighted by molar-refractivity contribution is 4.87. The Morgan fingerprint density at radius 1 is 1.15 bits per heavy atom. The molecular formula is C11H22N2. The molecule has 1 saturated carbocycles. The van der Waals surface area contributed by atoms with E-state index in [1.54, 1.807) is 0 Å². The summed E-state index contributed by atoms with van der Waals surface area (Å²) in [5.74, 6) is 0. The van der Waals surface area contributed by atoms with Crippen LogP contribution < -0.4 is 5.32 Å². The molecule has 0 radical (unpaired) electrons. The van der Waals surface area contributed by atoms with Crippen molar-refractivity contribution in [2.75, 3.05) is 20.1 Å². The van der Waals surface area contributed by atoms with Crippen molar-refractivity contribution in [1.82, 2.24) is 10.2 Å². The Labute approximate surface area is 81.7 Å². The van der Waals surface area contributed by atoms with Crippen LogP contribution in [-0.2, 0) is 0 Å². The summed E-state index contributed by atoms with van der Waals surface area (Å²) in [6.45, 7) is 2.55. The van der Waals surface area contributed by atoms with Crippen molar-refractivity contribution in [3.8, 4) is 0 Å². The predicted molar refractivity (Wildman–Crippen MR) is 55.9 cm³/mol. The molecule has 0 amide bonds. The molecule has 0 unspecified atom stereocenters. The summed E-state index contributed by atoms with van der Waals surface area (Å²) in [5, 5.41) is 3.32. The quantitative estimate of drug-likeness (QED) is 0.713. The number of nitrogens with zero attached hydrogens (tertiary/aromatic N) is 1. The third-order valence-electron chi connectivity index (χ3n) is 3.66. The molecule has 0 aromatic rings. The predicted octanol–water partition coefficient (Wildman–Crippen LogP) is 1.61. The fourth-order valence-electron chi connectivity index (χ4n) is 3.03. The summed E-state index contributed by atoms with van der Waals surface area (Å²) in [5.41, 5.74) is 0. The summed E-state index contributed by atoms with van der Waals surface area (Å²) < 4.78 is 0. The fourth-order valence-corrected chi connectivity index (χ4v) is 3.03. The number of likely N-dealkylation sites (tertiary alicyclic amines) is 1. The lowest BCUT2D eigenvalue weighted by Gasteiger charge is -2.30. The lowest BCUT2D eigenvalue weighted by atomic mass is 10.1. The van der Waals surface area contributed by atoms with E-state index in [9.17, 15) is 0 Å². The van der Waals surface area contributed by atoms with Crippen molar-refractivity contribution < 1.29 is 0 Å². The van der Waals surface area contributed by atoms with E-state index in [4.69, 9.17) is 0 Å².